The van der Waals surface area contributed by atoms with Crippen LogP contribution in [-0.2, 0) is 6.42 Å². The molecule has 5 rings (SSSR count). The summed E-state index contributed by atoms with van der Waals surface area (Å²) in [5.41, 5.74) is 7.13. The van der Waals surface area contributed by atoms with Gasteiger partial charge in [0.2, 0.25) is 0 Å². The van der Waals surface area contributed by atoms with Gasteiger partial charge in [0, 0.05) is 34.6 Å². The summed E-state index contributed by atoms with van der Waals surface area (Å²) in [5, 5.41) is 0. The van der Waals surface area contributed by atoms with Crippen LogP contribution in [0.1, 0.15) is 21.5 Å². The average Bonchev–Trinajstić information content (AvgIpc) is 3.12. The normalized spacial score (nSPS) is 14.0. The molecule has 0 atom stereocenters. The number of ketones is 1. The topological polar surface area (TPSA) is 20.3 Å². The van der Waals surface area contributed by atoms with E-state index >= 15 is 0 Å². The van der Waals surface area contributed by atoms with E-state index in [4.69, 9.17) is 0 Å². The molecule has 0 amide bonds. The van der Waals surface area contributed by atoms with E-state index in [2.05, 4.69) is 53.4 Å². The van der Waals surface area contributed by atoms with Crippen LogP contribution in [-0.4, -0.2) is 5.78 Å². The monoisotopic (exact) mass is 387 g/mol. The van der Waals surface area contributed by atoms with Crippen molar-refractivity contribution in [1.29, 1.82) is 0 Å². The lowest BCUT2D eigenvalue weighted by atomic mass is 10.1. The van der Waals surface area contributed by atoms with Crippen LogP contribution in [0.4, 0.5) is 17.1 Å². The van der Waals surface area contributed by atoms with Gasteiger partial charge in [-0.1, -0.05) is 72.8 Å². The number of benzene rings is 4. The van der Waals surface area contributed by atoms with Crippen molar-refractivity contribution < 1.29 is 4.79 Å². The number of carbonyl (C=O) groups is 1. The van der Waals surface area contributed by atoms with E-state index < -0.39 is 0 Å². The standard InChI is InChI=1S/C28H21NO/c30-28-23(20-22-9-7-8-14-27(22)28)19-21-15-17-26(18-16-21)29(24-10-3-1-4-11-24)25-12-5-2-6-13-25/h1-19H,20H2/b23-19-. The van der Waals surface area contributed by atoms with Gasteiger partial charge in [0.15, 0.2) is 5.78 Å². The molecule has 0 N–H and O–H groups in total. The van der Waals surface area contributed by atoms with Gasteiger partial charge in [-0.15, -0.1) is 0 Å². The molecule has 0 spiro atoms. The zero-order valence-electron chi connectivity index (χ0n) is 16.5. The lowest BCUT2D eigenvalue weighted by Gasteiger charge is -2.25. The molecule has 0 saturated heterocycles. The van der Waals surface area contributed by atoms with Crippen molar-refractivity contribution in [1.82, 2.24) is 0 Å². The second kappa shape index (κ2) is 7.84. The summed E-state index contributed by atoms with van der Waals surface area (Å²) < 4.78 is 0. The van der Waals surface area contributed by atoms with Gasteiger partial charge in [-0.05, 0) is 53.6 Å². The van der Waals surface area contributed by atoms with E-state index in [0.29, 0.717) is 6.42 Å². The Morgan fingerprint density at radius 1 is 0.600 bits per heavy atom. The molecule has 2 nitrogen and oxygen atoms in total. The smallest absolute Gasteiger partial charge is 0.189 e. The number of para-hydroxylation sites is 2. The minimum absolute atomic E-state index is 0.143. The van der Waals surface area contributed by atoms with Crippen molar-refractivity contribution >= 4 is 28.9 Å². The van der Waals surface area contributed by atoms with Gasteiger partial charge in [0.25, 0.3) is 0 Å². The summed E-state index contributed by atoms with van der Waals surface area (Å²) >= 11 is 0. The largest absolute Gasteiger partial charge is 0.311 e. The van der Waals surface area contributed by atoms with Gasteiger partial charge >= 0.3 is 0 Å². The maximum Gasteiger partial charge on any atom is 0.189 e. The third-order valence-corrected chi connectivity index (χ3v) is 5.46. The van der Waals surface area contributed by atoms with Crippen LogP contribution < -0.4 is 4.90 Å². The summed E-state index contributed by atoms with van der Waals surface area (Å²) in [6.07, 6.45) is 2.72. The van der Waals surface area contributed by atoms with Crippen molar-refractivity contribution in [3.8, 4) is 0 Å². The van der Waals surface area contributed by atoms with E-state index in [0.717, 1.165) is 39.3 Å². The highest BCUT2D eigenvalue weighted by molar-refractivity contribution is 6.15. The van der Waals surface area contributed by atoms with E-state index in [1.165, 1.54) is 0 Å². The highest BCUT2D eigenvalue weighted by Gasteiger charge is 2.23. The van der Waals surface area contributed by atoms with Crippen molar-refractivity contribution in [3.63, 3.8) is 0 Å². The van der Waals surface area contributed by atoms with E-state index in [-0.39, 0.29) is 5.78 Å². The zero-order chi connectivity index (χ0) is 20.3. The molecule has 0 aromatic heterocycles. The second-order valence-electron chi connectivity index (χ2n) is 7.43. The number of nitrogens with zero attached hydrogens (tertiary/aromatic N) is 1. The van der Waals surface area contributed by atoms with Crippen LogP contribution in [0.15, 0.2) is 115 Å². The first kappa shape index (κ1) is 18.1. The highest BCUT2D eigenvalue weighted by atomic mass is 16.1. The molecule has 0 heterocycles. The first-order valence-electron chi connectivity index (χ1n) is 10.1. The molecule has 0 fully saturated rings. The molecule has 1 aliphatic carbocycles. The fourth-order valence-corrected chi connectivity index (χ4v) is 3.99. The van der Waals surface area contributed by atoms with Crippen LogP contribution in [0.25, 0.3) is 6.08 Å². The van der Waals surface area contributed by atoms with Crippen molar-refractivity contribution in [2.75, 3.05) is 4.90 Å². The fourth-order valence-electron chi connectivity index (χ4n) is 3.99. The van der Waals surface area contributed by atoms with Gasteiger partial charge in [-0.2, -0.15) is 0 Å². The number of allylic oxidation sites excluding steroid dienone is 1. The van der Waals surface area contributed by atoms with Crippen LogP contribution in [0.3, 0.4) is 0 Å². The lowest BCUT2D eigenvalue weighted by molar-refractivity contribution is 0.104. The molecule has 0 saturated carbocycles. The lowest BCUT2D eigenvalue weighted by Crippen LogP contribution is -2.09. The van der Waals surface area contributed by atoms with Crippen LogP contribution in [0, 0.1) is 0 Å². The first-order valence-corrected chi connectivity index (χ1v) is 10.1. The maximum absolute atomic E-state index is 12.7. The number of hydrogen-bond donors (Lipinski definition) is 0. The Hall–Kier alpha value is -3.91. The van der Waals surface area contributed by atoms with Crippen molar-refractivity contribution in [2.45, 2.75) is 6.42 Å². The highest BCUT2D eigenvalue weighted by Crippen LogP contribution is 2.34. The number of fused-ring (bicyclic) bond motifs is 1. The Morgan fingerprint density at radius 2 is 1.13 bits per heavy atom. The number of Topliss-reactive ketones (excluding diaryl/α,β-unsaturated/α-hetero) is 1. The van der Waals surface area contributed by atoms with Crippen molar-refractivity contribution in [3.05, 3.63) is 131 Å². The summed E-state index contributed by atoms with van der Waals surface area (Å²) in [6, 6.07) is 36.9. The van der Waals surface area contributed by atoms with Crippen LogP contribution in [0.5, 0.6) is 0 Å². The Morgan fingerprint density at radius 3 is 1.73 bits per heavy atom. The molecule has 4 aromatic carbocycles. The fraction of sp³-hybridized carbons (Fsp3) is 0.0357. The zero-order valence-corrected chi connectivity index (χ0v) is 16.5. The molecule has 0 bridgehead atoms. The molecule has 1 aliphatic rings. The molecule has 0 aliphatic heterocycles. The summed E-state index contributed by atoms with van der Waals surface area (Å²) in [5.74, 6) is 0.143. The molecule has 144 valence electrons. The maximum atomic E-state index is 12.7. The summed E-state index contributed by atoms with van der Waals surface area (Å²) in [7, 11) is 0. The van der Waals surface area contributed by atoms with E-state index in [1.54, 1.807) is 0 Å². The van der Waals surface area contributed by atoms with Gasteiger partial charge in [0.05, 0.1) is 0 Å². The van der Waals surface area contributed by atoms with E-state index in [9.17, 15) is 4.79 Å². The first-order chi connectivity index (χ1) is 14.8. The Balaban J connectivity index is 1.47. The molecule has 2 heteroatoms. The number of carbonyl (C=O) groups excluding carboxylic acids is 1. The molecule has 4 aromatic rings. The molecular weight excluding hydrogens is 366 g/mol. The average molecular weight is 387 g/mol. The summed E-state index contributed by atoms with van der Waals surface area (Å²) in [4.78, 5) is 14.9. The Kier molecular flexibility index (Phi) is 4.74. The van der Waals surface area contributed by atoms with Gasteiger partial charge in [-0.25, -0.2) is 0 Å². The minimum atomic E-state index is 0.143. The third-order valence-electron chi connectivity index (χ3n) is 5.46. The molecule has 0 radical (unpaired) electrons. The number of rotatable bonds is 4. The third kappa shape index (κ3) is 3.44. The predicted molar refractivity (Wildman–Crippen MR) is 124 cm³/mol. The number of anilines is 3. The van der Waals surface area contributed by atoms with E-state index in [1.807, 2.05) is 66.7 Å². The molecule has 0 unspecified atom stereocenters. The minimum Gasteiger partial charge on any atom is -0.311 e. The molecule has 30 heavy (non-hydrogen) atoms. The van der Waals surface area contributed by atoms with Crippen LogP contribution in [0.2, 0.25) is 0 Å². The van der Waals surface area contributed by atoms with Gasteiger partial charge in [0.1, 0.15) is 0 Å². The predicted octanol–water partition coefficient (Wildman–Crippen LogP) is 6.98. The van der Waals surface area contributed by atoms with Crippen LogP contribution >= 0.6 is 0 Å². The second-order valence-corrected chi connectivity index (χ2v) is 7.43. The van der Waals surface area contributed by atoms with Gasteiger partial charge in [-0.3, -0.25) is 4.79 Å². The SMILES string of the molecule is O=C1/C(=C\c2ccc(N(c3ccccc3)c3ccccc3)cc2)Cc2ccccc21. The Bertz CT molecular complexity index is 1170. The van der Waals surface area contributed by atoms with Crippen molar-refractivity contribution in [2.24, 2.45) is 0 Å². The molecular formula is C28H21NO. The quantitative estimate of drug-likeness (QED) is 0.352. The van der Waals surface area contributed by atoms with Gasteiger partial charge < -0.3 is 4.90 Å². The number of hydrogen-bond acceptors (Lipinski definition) is 2. The Labute approximate surface area is 176 Å². The summed E-state index contributed by atoms with van der Waals surface area (Å²) in [6.45, 7) is 0.